The molecule has 0 radical (unpaired) electrons. The van der Waals surface area contributed by atoms with Crippen LogP contribution in [0.1, 0.15) is 53.3 Å². The maximum Gasteiger partial charge on any atom is 0.0651 e. The number of thiophene rings is 1. The van der Waals surface area contributed by atoms with Crippen LogP contribution in [0.25, 0.3) is 0 Å². The average Bonchev–Trinajstić information content (AvgIpc) is 2.77. The summed E-state index contributed by atoms with van der Waals surface area (Å²) in [5, 5.41) is 0. The quantitative estimate of drug-likeness (QED) is 0.842. The minimum absolute atomic E-state index is 0.0118. The van der Waals surface area contributed by atoms with Gasteiger partial charge in [-0.25, -0.2) is 0 Å². The summed E-state index contributed by atoms with van der Waals surface area (Å²) in [4.78, 5) is 2.64. The van der Waals surface area contributed by atoms with Gasteiger partial charge >= 0.3 is 0 Å². The Hall–Kier alpha value is -1.12. The Balaban J connectivity index is 2.40. The van der Waals surface area contributed by atoms with Gasteiger partial charge in [-0.2, -0.15) is 0 Å². The van der Waals surface area contributed by atoms with Crippen LogP contribution in [0.5, 0.6) is 0 Å². The Morgan fingerprint density at radius 2 is 1.58 bits per heavy atom. The van der Waals surface area contributed by atoms with Gasteiger partial charge in [0.1, 0.15) is 0 Å². The highest BCUT2D eigenvalue weighted by Crippen LogP contribution is 2.35. The van der Waals surface area contributed by atoms with E-state index in [1.807, 2.05) is 11.3 Å². The van der Waals surface area contributed by atoms with E-state index in [2.05, 4.69) is 65.0 Å². The van der Waals surface area contributed by atoms with Crippen LogP contribution < -0.4 is 5.73 Å². The van der Waals surface area contributed by atoms with Crippen LogP contribution in [0, 0.1) is 13.8 Å². The standard InChI is InChI=1S/C17H23NS/c1-11-7-6-8-12(2)15(11)16(18)13-9-10-14(19-13)17(3,4)5/h6-10,16H,18H2,1-5H3. The van der Waals surface area contributed by atoms with Gasteiger partial charge in [0, 0.05) is 9.75 Å². The molecule has 1 aromatic carbocycles. The predicted molar refractivity (Wildman–Crippen MR) is 85.0 cm³/mol. The molecular weight excluding hydrogens is 250 g/mol. The Morgan fingerprint density at radius 1 is 1.00 bits per heavy atom. The van der Waals surface area contributed by atoms with Crippen molar-refractivity contribution in [3.63, 3.8) is 0 Å². The molecule has 1 aromatic heterocycles. The molecule has 102 valence electrons. The molecule has 2 heteroatoms. The number of aryl methyl sites for hydroxylation is 2. The van der Waals surface area contributed by atoms with E-state index in [1.54, 1.807) is 0 Å². The molecule has 2 N–H and O–H groups in total. The minimum Gasteiger partial charge on any atom is -0.320 e. The van der Waals surface area contributed by atoms with E-state index in [9.17, 15) is 0 Å². The topological polar surface area (TPSA) is 26.0 Å². The van der Waals surface area contributed by atoms with Crippen molar-refractivity contribution in [3.8, 4) is 0 Å². The average molecular weight is 273 g/mol. The molecule has 0 spiro atoms. The van der Waals surface area contributed by atoms with E-state index in [0.29, 0.717) is 0 Å². The monoisotopic (exact) mass is 273 g/mol. The summed E-state index contributed by atoms with van der Waals surface area (Å²) in [6.07, 6.45) is 0. The van der Waals surface area contributed by atoms with Crippen molar-refractivity contribution in [1.82, 2.24) is 0 Å². The second-order valence-electron chi connectivity index (χ2n) is 6.24. The maximum absolute atomic E-state index is 6.48. The number of nitrogens with two attached hydrogens (primary N) is 1. The largest absolute Gasteiger partial charge is 0.320 e. The summed E-state index contributed by atoms with van der Waals surface area (Å²) in [7, 11) is 0. The third kappa shape index (κ3) is 2.90. The van der Waals surface area contributed by atoms with Gasteiger partial charge in [-0.15, -0.1) is 11.3 Å². The first-order valence-electron chi connectivity index (χ1n) is 6.72. The molecule has 0 aliphatic heterocycles. The smallest absolute Gasteiger partial charge is 0.0651 e. The molecule has 0 amide bonds. The van der Waals surface area contributed by atoms with Gasteiger partial charge in [0.05, 0.1) is 6.04 Å². The van der Waals surface area contributed by atoms with Crippen LogP contribution in [0.2, 0.25) is 0 Å². The predicted octanol–water partition coefficient (Wildman–Crippen LogP) is 4.71. The summed E-state index contributed by atoms with van der Waals surface area (Å²) in [5.41, 5.74) is 10.5. The molecule has 1 unspecified atom stereocenters. The minimum atomic E-state index is -0.0118. The molecule has 19 heavy (non-hydrogen) atoms. The summed E-state index contributed by atoms with van der Waals surface area (Å²) in [6, 6.07) is 10.8. The molecule has 1 atom stereocenters. The Labute approximate surface area is 120 Å². The second kappa shape index (κ2) is 5.10. The van der Waals surface area contributed by atoms with E-state index in [-0.39, 0.29) is 11.5 Å². The maximum atomic E-state index is 6.48. The first kappa shape index (κ1) is 14.3. The number of hydrogen-bond acceptors (Lipinski definition) is 2. The Bertz CT molecular complexity index is 555. The number of benzene rings is 1. The molecule has 2 aromatic rings. The summed E-state index contributed by atoms with van der Waals surface area (Å²) in [6.45, 7) is 11.0. The van der Waals surface area contributed by atoms with Crippen LogP contribution in [-0.4, -0.2) is 0 Å². The molecule has 0 bridgehead atoms. The van der Waals surface area contributed by atoms with E-state index in [0.717, 1.165) is 0 Å². The van der Waals surface area contributed by atoms with E-state index >= 15 is 0 Å². The number of rotatable bonds is 2. The van der Waals surface area contributed by atoms with Gasteiger partial charge in [-0.05, 0) is 48.1 Å². The van der Waals surface area contributed by atoms with Crippen molar-refractivity contribution in [2.75, 3.05) is 0 Å². The van der Waals surface area contributed by atoms with Gasteiger partial charge in [0.15, 0.2) is 0 Å². The molecule has 1 nitrogen and oxygen atoms in total. The van der Waals surface area contributed by atoms with Crippen molar-refractivity contribution in [3.05, 3.63) is 56.8 Å². The highest BCUT2D eigenvalue weighted by molar-refractivity contribution is 7.12. The van der Waals surface area contributed by atoms with E-state index < -0.39 is 0 Å². The zero-order valence-electron chi connectivity index (χ0n) is 12.4. The lowest BCUT2D eigenvalue weighted by molar-refractivity contribution is 0.604. The van der Waals surface area contributed by atoms with Gasteiger partial charge in [0.25, 0.3) is 0 Å². The van der Waals surface area contributed by atoms with Crippen molar-refractivity contribution < 1.29 is 0 Å². The normalized spacial score (nSPS) is 13.6. The Kier molecular flexibility index (Phi) is 3.84. The van der Waals surface area contributed by atoms with Crippen LogP contribution >= 0.6 is 11.3 Å². The van der Waals surface area contributed by atoms with Crippen molar-refractivity contribution in [2.45, 2.75) is 46.1 Å². The Morgan fingerprint density at radius 3 is 2.05 bits per heavy atom. The molecule has 0 fully saturated rings. The van der Waals surface area contributed by atoms with Gasteiger partial charge in [-0.1, -0.05) is 39.0 Å². The van der Waals surface area contributed by atoms with Crippen LogP contribution in [-0.2, 0) is 5.41 Å². The van der Waals surface area contributed by atoms with Crippen molar-refractivity contribution >= 4 is 11.3 Å². The zero-order valence-corrected chi connectivity index (χ0v) is 13.3. The lowest BCUT2D eigenvalue weighted by atomic mass is 9.94. The molecule has 0 aliphatic rings. The number of hydrogen-bond donors (Lipinski definition) is 1. The van der Waals surface area contributed by atoms with Gasteiger partial charge in [-0.3, -0.25) is 0 Å². The fraction of sp³-hybridized carbons (Fsp3) is 0.412. The fourth-order valence-electron chi connectivity index (χ4n) is 2.38. The molecule has 0 saturated heterocycles. The third-order valence-electron chi connectivity index (χ3n) is 3.53. The van der Waals surface area contributed by atoms with Crippen LogP contribution in [0.4, 0.5) is 0 Å². The third-order valence-corrected chi connectivity index (χ3v) is 5.12. The fourth-order valence-corrected chi connectivity index (χ4v) is 3.46. The van der Waals surface area contributed by atoms with Crippen LogP contribution in [0.3, 0.4) is 0 Å². The SMILES string of the molecule is Cc1cccc(C)c1C(N)c1ccc(C(C)(C)C)s1. The van der Waals surface area contributed by atoms with Crippen LogP contribution in [0.15, 0.2) is 30.3 Å². The van der Waals surface area contributed by atoms with Gasteiger partial charge in [0.2, 0.25) is 0 Å². The van der Waals surface area contributed by atoms with E-state index in [1.165, 1.54) is 26.4 Å². The first-order valence-corrected chi connectivity index (χ1v) is 7.54. The molecular formula is C17H23NS. The second-order valence-corrected chi connectivity index (χ2v) is 7.35. The lowest BCUT2D eigenvalue weighted by Gasteiger charge is -2.18. The zero-order chi connectivity index (χ0) is 14.2. The molecule has 0 saturated carbocycles. The summed E-state index contributed by atoms with van der Waals surface area (Å²) >= 11 is 1.84. The lowest BCUT2D eigenvalue weighted by Crippen LogP contribution is -2.13. The van der Waals surface area contributed by atoms with Gasteiger partial charge < -0.3 is 5.73 Å². The summed E-state index contributed by atoms with van der Waals surface area (Å²) in [5.74, 6) is 0. The first-order chi connectivity index (χ1) is 8.80. The van der Waals surface area contributed by atoms with Crippen molar-refractivity contribution in [1.29, 1.82) is 0 Å². The molecule has 0 aliphatic carbocycles. The molecule has 1 heterocycles. The molecule has 2 rings (SSSR count). The highest BCUT2D eigenvalue weighted by Gasteiger charge is 2.20. The highest BCUT2D eigenvalue weighted by atomic mass is 32.1. The summed E-state index contributed by atoms with van der Waals surface area (Å²) < 4.78 is 0. The van der Waals surface area contributed by atoms with Crippen molar-refractivity contribution in [2.24, 2.45) is 5.73 Å². The van der Waals surface area contributed by atoms with E-state index in [4.69, 9.17) is 5.73 Å².